The summed E-state index contributed by atoms with van der Waals surface area (Å²) in [7, 11) is -4.02. The monoisotopic (exact) mass is 485 g/mol. The van der Waals surface area contributed by atoms with Crippen molar-refractivity contribution in [3.05, 3.63) is 30.1 Å². The molecule has 0 radical (unpaired) electrons. The number of carbonyl (C=O) groups excluding carboxylic acids is 2. The minimum absolute atomic E-state index is 0.144. The molecule has 0 bridgehead atoms. The standard InChI is InChI=1S/C23H36FN3O5S/c1-5-8-20(22(29)26-23(3,4)6-2)27(16-18-9-7-14-32-18)21(28)15-25-33(30,31)19-12-10-17(24)11-13-19/h10-13,18,20,25H,5-9,14-16H2,1-4H3,(H,26,29)/t18-,20+/m1/s1. The molecule has 2 N–H and O–H groups in total. The third-order valence-corrected chi connectivity index (χ3v) is 7.29. The first-order valence-corrected chi connectivity index (χ1v) is 13.0. The molecular formula is C23H36FN3O5S. The molecule has 33 heavy (non-hydrogen) atoms. The molecule has 1 aromatic rings. The summed E-state index contributed by atoms with van der Waals surface area (Å²) < 4.78 is 46.2. The van der Waals surface area contributed by atoms with Crippen LogP contribution in [0.2, 0.25) is 0 Å². The van der Waals surface area contributed by atoms with Crippen LogP contribution in [-0.2, 0) is 24.3 Å². The van der Waals surface area contributed by atoms with E-state index in [1.54, 1.807) is 0 Å². The SMILES string of the molecule is CCC[C@@H](C(=O)NC(C)(C)CC)N(C[C@H]1CCCO1)C(=O)CNS(=O)(=O)c1ccc(F)cc1. The first kappa shape index (κ1) is 27.2. The average Bonchev–Trinajstić information content (AvgIpc) is 3.28. The lowest BCUT2D eigenvalue weighted by atomic mass is 10.00. The van der Waals surface area contributed by atoms with E-state index in [1.165, 1.54) is 4.90 Å². The molecule has 2 amide bonds. The van der Waals surface area contributed by atoms with E-state index in [0.717, 1.165) is 43.5 Å². The number of nitrogens with zero attached hydrogens (tertiary/aromatic N) is 1. The Bertz CT molecular complexity index is 899. The maximum atomic E-state index is 13.2. The summed E-state index contributed by atoms with van der Waals surface area (Å²) in [5, 5.41) is 3.01. The zero-order chi connectivity index (χ0) is 24.6. The van der Waals surface area contributed by atoms with Crippen LogP contribution in [0, 0.1) is 5.82 Å². The minimum Gasteiger partial charge on any atom is -0.376 e. The van der Waals surface area contributed by atoms with Crippen molar-refractivity contribution in [3.8, 4) is 0 Å². The molecule has 0 aromatic heterocycles. The fraction of sp³-hybridized carbons (Fsp3) is 0.652. The Balaban J connectivity index is 2.21. The second-order valence-corrected chi connectivity index (χ2v) is 10.8. The number of rotatable bonds is 12. The summed E-state index contributed by atoms with van der Waals surface area (Å²) in [6, 6.07) is 3.60. The van der Waals surface area contributed by atoms with Crippen molar-refractivity contribution in [1.29, 1.82) is 0 Å². The van der Waals surface area contributed by atoms with Gasteiger partial charge in [-0.2, -0.15) is 0 Å². The van der Waals surface area contributed by atoms with E-state index in [2.05, 4.69) is 10.0 Å². The Labute approximate surface area is 196 Å². The molecule has 1 aliphatic rings. The van der Waals surface area contributed by atoms with E-state index in [0.29, 0.717) is 19.4 Å². The number of benzene rings is 1. The van der Waals surface area contributed by atoms with Crippen LogP contribution in [0.4, 0.5) is 4.39 Å². The number of halogens is 1. The van der Waals surface area contributed by atoms with Gasteiger partial charge in [0.15, 0.2) is 0 Å². The normalized spacial score (nSPS) is 17.5. The number of amides is 2. The van der Waals surface area contributed by atoms with Crippen molar-refractivity contribution in [1.82, 2.24) is 14.9 Å². The van der Waals surface area contributed by atoms with E-state index < -0.39 is 39.9 Å². The number of ether oxygens (including phenoxy) is 1. The molecule has 0 saturated carbocycles. The molecule has 8 nitrogen and oxygen atoms in total. The number of hydrogen-bond acceptors (Lipinski definition) is 5. The Morgan fingerprint density at radius 1 is 1.24 bits per heavy atom. The van der Waals surface area contributed by atoms with Gasteiger partial charge in [-0.3, -0.25) is 9.59 Å². The maximum Gasteiger partial charge on any atom is 0.243 e. The fourth-order valence-corrected chi connectivity index (χ4v) is 4.55. The lowest BCUT2D eigenvalue weighted by Gasteiger charge is -2.35. The molecule has 1 aromatic carbocycles. The van der Waals surface area contributed by atoms with Crippen LogP contribution in [0.3, 0.4) is 0 Å². The molecular weight excluding hydrogens is 449 g/mol. The van der Waals surface area contributed by atoms with Gasteiger partial charge in [-0.05, 0) is 63.8 Å². The lowest BCUT2D eigenvalue weighted by Crippen LogP contribution is -2.57. The van der Waals surface area contributed by atoms with Gasteiger partial charge in [-0.25, -0.2) is 17.5 Å². The van der Waals surface area contributed by atoms with E-state index >= 15 is 0 Å². The van der Waals surface area contributed by atoms with Crippen LogP contribution in [-0.4, -0.2) is 62.5 Å². The highest BCUT2D eigenvalue weighted by molar-refractivity contribution is 7.89. The largest absolute Gasteiger partial charge is 0.376 e. The third kappa shape index (κ3) is 8.04. The predicted molar refractivity (Wildman–Crippen MR) is 123 cm³/mol. The van der Waals surface area contributed by atoms with E-state index in [-0.39, 0.29) is 23.5 Å². The van der Waals surface area contributed by atoms with Crippen molar-refractivity contribution in [2.75, 3.05) is 19.7 Å². The highest BCUT2D eigenvalue weighted by Gasteiger charge is 2.34. The number of hydrogen-bond donors (Lipinski definition) is 2. The van der Waals surface area contributed by atoms with Crippen LogP contribution in [0.1, 0.15) is 59.8 Å². The topological polar surface area (TPSA) is 105 Å². The van der Waals surface area contributed by atoms with E-state index in [1.807, 2.05) is 27.7 Å². The molecule has 1 aliphatic heterocycles. The van der Waals surface area contributed by atoms with Crippen LogP contribution in [0.15, 0.2) is 29.2 Å². The van der Waals surface area contributed by atoms with Crippen molar-refractivity contribution in [3.63, 3.8) is 0 Å². The molecule has 10 heteroatoms. The Hall–Kier alpha value is -2.04. The Morgan fingerprint density at radius 3 is 2.45 bits per heavy atom. The van der Waals surface area contributed by atoms with Crippen molar-refractivity contribution < 1.29 is 27.1 Å². The first-order chi connectivity index (χ1) is 15.5. The Kier molecular flexibility index (Phi) is 9.81. The molecule has 2 rings (SSSR count). The van der Waals surface area contributed by atoms with Gasteiger partial charge >= 0.3 is 0 Å². The summed E-state index contributed by atoms with van der Waals surface area (Å²) >= 11 is 0. The molecule has 2 atom stereocenters. The number of nitrogens with one attached hydrogen (secondary N) is 2. The fourth-order valence-electron chi connectivity index (χ4n) is 3.57. The van der Waals surface area contributed by atoms with Crippen LogP contribution in [0.25, 0.3) is 0 Å². The van der Waals surface area contributed by atoms with Gasteiger partial charge in [-0.1, -0.05) is 20.3 Å². The third-order valence-electron chi connectivity index (χ3n) is 5.87. The maximum absolute atomic E-state index is 13.2. The minimum atomic E-state index is -4.02. The van der Waals surface area contributed by atoms with Crippen molar-refractivity contribution in [2.24, 2.45) is 0 Å². The summed E-state index contributed by atoms with van der Waals surface area (Å²) in [6.07, 6.45) is 3.27. The second kappa shape index (κ2) is 11.9. The molecule has 186 valence electrons. The van der Waals surface area contributed by atoms with Gasteiger partial charge in [-0.15, -0.1) is 0 Å². The van der Waals surface area contributed by atoms with Crippen LogP contribution >= 0.6 is 0 Å². The average molecular weight is 486 g/mol. The molecule has 0 spiro atoms. The van der Waals surface area contributed by atoms with Gasteiger partial charge in [0.2, 0.25) is 21.8 Å². The quantitative estimate of drug-likeness (QED) is 0.474. The van der Waals surface area contributed by atoms with Crippen LogP contribution in [0.5, 0.6) is 0 Å². The van der Waals surface area contributed by atoms with Crippen molar-refractivity contribution >= 4 is 21.8 Å². The smallest absolute Gasteiger partial charge is 0.243 e. The van der Waals surface area contributed by atoms with Gasteiger partial charge in [0.05, 0.1) is 17.5 Å². The van der Waals surface area contributed by atoms with Gasteiger partial charge in [0.1, 0.15) is 11.9 Å². The lowest BCUT2D eigenvalue weighted by molar-refractivity contribution is -0.142. The van der Waals surface area contributed by atoms with E-state index in [9.17, 15) is 22.4 Å². The zero-order valence-electron chi connectivity index (χ0n) is 19.9. The number of sulfonamides is 1. The Morgan fingerprint density at radius 2 is 1.91 bits per heavy atom. The van der Waals surface area contributed by atoms with Gasteiger partial charge in [0, 0.05) is 18.7 Å². The molecule has 1 fully saturated rings. The summed E-state index contributed by atoms with van der Waals surface area (Å²) in [5.41, 5.74) is -0.439. The highest BCUT2D eigenvalue weighted by Crippen LogP contribution is 2.19. The number of carbonyl (C=O) groups is 2. The predicted octanol–water partition coefficient (Wildman–Crippen LogP) is 2.59. The summed E-state index contributed by atoms with van der Waals surface area (Å²) in [6.45, 7) is 8.01. The molecule has 0 aliphatic carbocycles. The first-order valence-electron chi connectivity index (χ1n) is 11.5. The van der Waals surface area contributed by atoms with Gasteiger partial charge in [0.25, 0.3) is 0 Å². The summed E-state index contributed by atoms with van der Waals surface area (Å²) in [4.78, 5) is 27.7. The van der Waals surface area contributed by atoms with E-state index in [4.69, 9.17) is 4.74 Å². The summed E-state index contributed by atoms with van der Waals surface area (Å²) in [5.74, 6) is -1.34. The zero-order valence-corrected chi connectivity index (χ0v) is 20.7. The van der Waals surface area contributed by atoms with Crippen molar-refractivity contribution in [2.45, 2.75) is 82.4 Å². The van der Waals surface area contributed by atoms with Gasteiger partial charge < -0.3 is 15.0 Å². The molecule has 0 unspecified atom stereocenters. The molecule has 1 heterocycles. The van der Waals surface area contributed by atoms with Crippen LogP contribution < -0.4 is 10.0 Å². The highest BCUT2D eigenvalue weighted by atomic mass is 32.2. The second-order valence-electron chi connectivity index (χ2n) is 8.99. The molecule has 1 saturated heterocycles.